The molecule has 2 heterocycles. The Morgan fingerprint density at radius 2 is 2.00 bits per heavy atom. The number of aryl methyl sites for hydroxylation is 1. The van der Waals surface area contributed by atoms with Crippen molar-refractivity contribution < 1.29 is 9.18 Å². The summed E-state index contributed by atoms with van der Waals surface area (Å²) >= 11 is 13.4. The molecule has 2 aromatic heterocycles. The lowest BCUT2D eigenvalue weighted by Gasteiger charge is -2.10. The Kier molecular flexibility index (Phi) is 6.36. The van der Waals surface area contributed by atoms with Gasteiger partial charge in [0.25, 0.3) is 5.91 Å². The number of H-pyrrole nitrogens is 1. The number of aromatic nitrogens is 2. The molecule has 0 aliphatic heterocycles. The van der Waals surface area contributed by atoms with Crippen LogP contribution in [0, 0.1) is 12.7 Å². The highest BCUT2D eigenvalue weighted by atomic mass is 35.5. The summed E-state index contributed by atoms with van der Waals surface area (Å²) in [5.74, 6) is -0.874. The number of fused-ring (bicyclic) bond motifs is 1. The third-order valence-electron chi connectivity index (χ3n) is 4.60. The van der Waals surface area contributed by atoms with E-state index in [9.17, 15) is 9.18 Å². The van der Waals surface area contributed by atoms with E-state index in [1.54, 1.807) is 36.7 Å². The third kappa shape index (κ3) is 4.79. The van der Waals surface area contributed by atoms with E-state index in [2.05, 4.69) is 20.0 Å². The molecule has 0 atom stereocenters. The summed E-state index contributed by atoms with van der Waals surface area (Å²) in [4.78, 5) is 20.0. The number of nitrogens with one attached hydrogen (secondary N) is 3. The van der Waals surface area contributed by atoms with Gasteiger partial charge in [-0.2, -0.15) is 0 Å². The molecule has 158 valence electrons. The Morgan fingerprint density at radius 3 is 2.77 bits per heavy atom. The van der Waals surface area contributed by atoms with E-state index in [0.717, 1.165) is 28.7 Å². The first-order valence-corrected chi connectivity index (χ1v) is 10.9. The first-order valence-electron chi connectivity index (χ1n) is 9.29. The van der Waals surface area contributed by atoms with Crippen molar-refractivity contribution in [1.29, 1.82) is 0 Å². The fourth-order valence-electron chi connectivity index (χ4n) is 3.06. The van der Waals surface area contributed by atoms with Crippen molar-refractivity contribution in [3.63, 3.8) is 0 Å². The highest BCUT2D eigenvalue weighted by molar-refractivity contribution is 8.00. The van der Waals surface area contributed by atoms with E-state index in [1.807, 2.05) is 19.1 Å². The zero-order valence-corrected chi connectivity index (χ0v) is 18.6. The molecule has 1 amide bonds. The number of carbonyl (C=O) groups is 1. The van der Waals surface area contributed by atoms with E-state index in [-0.39, 0.29) is 18.0 Å². The molecule has 4 aromatic rings. The molecule has 0 aliphatic rings. The summed E-state index contributed by atoms with van der Waals surface area (Å²) in [6.45, 7) is 2.22. The zero-order chi connectivity index (χ0) is 22.0. The summed E-state index contributed by atoms with van der Waals surface area (Å²) in [6.07, 6.45) is 3.33. The van der Waals surface area contributed by atoms with E-state index < -0.39 is 5.82 Å². The van der Waals surface area contributed by atoms with Crippen LogP contribution in [0.1, 0.15) is 21.6 Å². The lowest BCUT2D eigenvalue weighted by atomic mass is 10.2. The number of amides is 1. The van der Waals surface area contributed by atoms with Gasteiger partial charge < -0.3 is 15.0 Å². The lowest BCUT2D eigenvalue weighted by molar-refractivity contribution is 0.0950. The molecule has 0 bridgehead atoms. The van der Waals surface area contributed by atoms with Gasteiger partial charge in [-0.1, -0.05) is 23.2 Å². The highest BCUT2D eigenvalue weighted by Crippen LogP contribution is 2.36. The van der Waals surface area contributed by atoms with Gasteiger partial charge in [-0.15, -0.1) is 0 Å². The molecule has 3 N–H and O–H groups in total. The molecule has 2 aromatic carbocycles. The van der Waals surface area contributed by atoms with Crippen molar-refractivity contribution >= 4 is 57.6 Å². The van der Waals surface area contributed by atoms with Crippen LogP contribution >= 0.6 is 35.1 Å². The van der Waals surface area contributed by atoms with Gasteiger partial charge in [0.15, 0.2) is 0 Å². The largest absolute Gasteiger partial charge is 0.358 e. The van der Waals surface area contributed by atoms with Crippen molar-refractivity contribution in [2.45, 2.75) is 18.4 Å². The number of pyridine rings is 1. The average Bonchev–Trinajstić information content (AvgIpc) is 3.15. The molecule has 0 radical (unpaired) electrons. The highest BCUT2D eigenvalue weighted by Gasteiger charge is 2.13. The van der Waals surface area contributed by atoms with Crippen LogP contribution in [0.3, 0.4) is 0 Å². The summed E-state index contributed by atoms with van der Waals surface area (Å²) in [5, 5.41) is 4.49. The van der Waals surface area contributed by atoms with Gasteiger partial charge >= 0.3 is 0 Å². The van der Waals surface area contributed by atoms with Crippen LogP contribution in [0.2, 0.25) is 10.0 Å². The van der Waals surface area contributed by atoms with Gasteiger partial charge in [-0.3, -0.25) is 9.78 Å². The number of benzene rings is 2. The minimum atomic E-state index is -0.506. The number of halogens is 3. The van der Waals surface area contributed by atoms with Crippen molar-refractivity contribution in [1.82, 2.24) is 15.3 Å². The van der Waals surface area contributed by atoms with Crippen molar-refractivity contribution in [3.8, 4) is 0 Å². The number of hydrogen-bond donors (Lipinski definition) is 3. The van der Waals surface area contributed by atoms with Crippen LogP contribution in [0.25, 0.3) is 10.9 Å². The third-order valence-corrected chi connectivity index (χ3v) is 6.09. The van der Waals surface area contributed by atoms with E-state index in [1.165, 1.54) is 6.07 Å². The molecule has 5 nitrogen and oxygen atoms in total. The van der Waals surface area contributed by atoms with Crippen LogP contribution < -0.4 is 10.0 Å². The van der Waals surface area contributed by atoms with Gasteiger partial charge in [0.2, 0.25) is 0 Å². The SMILES string of the molecule is Cc1ccnc(CNC(=O)c2ccc(SNc3ccc(Cl)c4c(Cl)c[nH]c34)c(F)c2)c1. The minimum absolute atomic E-state index is 0.236. The van der Waals surface area contributed by atoms with Crippen LogP contribution in [0.15, 0.2) is 59.8 Å². The summed E-state index contributed by atoms with van der Waals surface area (Å²) in [7, 11) is 0. The smallest absolute Gasteiger partial charge is 0.251 e. The Hall–Kier alpha value is -2.74. The Bertz CT molecular complexity index is 1280. The van der Waals surface area contributed by atoms with Gasteiger partial charge in [-0.25, -0.2) is 4.39 Å². The number of aromatic amines is 1. The summed E-state index contributed by atoms with van der Waals surface area (Å²) < 4.78 is 17.7. The quantitative estimate of drug-likeness (QED) is 0.284. The second kappa shape index (κ2) is 9.18. The van der Waals surface area contributed by atoms with Gasteiger partial charge in [-0.05, 0) is 66.9 Å². The number of rotatable bonds is 6. The van der Waals surface area contributed by atoms with Gasteiger partial charge in [0.1, 0.15) is 5.82 Å². The zero-order valence-electron chi connectivity index (χ0n) is 16.3. The second-order valence-electron chi connectivity index (χ2n) is 6.84. The van der Waals surface area contributed by atoms with Crippen molar-refractivity contribution in [2.24, 2.45) is 0 Å². The number of carbonyl (C=O) groups excluding carboxylic acids is 1. The molecule has 0 saturated heterocycles. The molecule has 4 rings (SSSR count). The monoisotopic (exact) mass is 474 g/mol. The van der Waals surface area contributed by atoms with Crippen LogP contribution in [0.5, 0.6) is 0 Å². The van der Waals surface area contributed by atoms with Crippen LogP contribution in [0.4, 0.5) is 10.1 Å². The number of anilines is 1. The fourth-order valence-corrected chi connectivity index (χ4v) is 4.30. The first kappa shape index (κ1) is 21.5. The minimum Gasteiger partial charge on any atom is -0.358 e. The Morgan fingerprint density at radius 1 is 1.16 bits per heavy atom. The summed E-state index contributed by atoms with van der Waals surface area (Å²) in [6, 6.07) is 11.6. The van der Waals surface area contributed by atoms with Crippen LogP contribution in [-0.4, -0.2) is 15.9 Å². The molecule has 9 heteroatoms. The maximum atomic E-state index is 14.6. The van der Waals surface area contributed by atoms with Crippen molar-refractivity contribution in [2.75, 3.05) is 4.72 Å². The summed E-state index contributed by atoms with van der Waals surface area (Å²) in [5.41, 5.74) is 3.47. The maximum absolute atomic E-state index is 14.6. The number of nitrogens with zero attached hydrogens (tertiary/aromatic N) is 1. The molecule has 0 unspecified atom stereocenters. The lowest BCUT2D eigenvalue weighted by Crippen LogP contribution is -2.23. The van der Waals surface area contributed by atoms with E-state index in [4.69, 9.17) is 23.2 Å². The number of hydrogen-bond acceptors (Lipinski definition) is 4. The van der Waals surface area contributed by atoms with Crippen LogP contribution in [-0.2, 0) is 6.54 Å². The topological polar surface area (TPSA) is 69.8 Å². The molecule has 0 aliphatic carbocycles. The predicted octanol–water partition coefficient (Wildman–Crippen LogP) is 6.37. The first-order chi connectivity index (χ1) is 14.9. The molecular formula is C22H17Cl2FN4OS. The Balaban J connectivity index is 1.43. The molecule has 0 spiro atoms. The normalized spacial score (nSPS) is 11.0. The molecule has 0 saturated carbocycles. The van der Waals surface area contributed by atoms with Gasteiger partial charge in [0.05, 0.1) is 38.4 Å². The van der Waals surface area contributed by atoms with Gasteiger partial charge in [0, 0.05) is 23.3 Å². The average molecular weight is 475 g/mol. The van der Waals surface area contributed by atoms with E-state index >= 15 is 0 Å². The maximum Gasteiger partial charge on any atom is 0.251 e. The predicted molar refractivity (Wildman–Crippen MR) is 124 cm³/mol. The fraction of sp³-hybridized carbons (Fsp3) is 0.0909. The van der Waals surface area contributed by atoms with Crippen molar-refractivity contribution in [3.05, 3.63) is 87.5 Å². The standard InChI is InChI=1S/C22H17Cl2FN4OS/c1-12-6-7-26-14(8-12)10-28-22(30)13-2-5-19(17(25)9-13)31-29-18-4-3-15(23)20-16(24)11-27-21(18)20/h2-9,11,27,29H,10H2,1H3,(H,28,30). The van der Waals surface area contributed by atoms with E-state index in [0.29, 0.717) is 26.0 Å². The second-order valence-corrected chi connectivity index (χ2v) is 8.50. The Labute approximate surface area is 192 Å². The molecular weight excluding hydrogens is 458 g/mol. The molecule has 0 fully saturated rings. The molecule has 31 heavy (non-hydrogen) atoms.